The average Bonchev–Trinajstić information content (AvgIpc) is 2.75. The van der Waals surface area contributed by atoms with Gasteiger partial charge in [-0.15, -0.1) is 0 Å². The predicted octanol–water partition coefficient (Wildman–Crippen LogP) is 4.43. The standard InChI is InChI=1S/C23H22N2O2/c26-23(19-6-2-1-3-7-19)25-16-12-20(13-17-25)27-22-9-5-4-8-21(22)18-10-14-24-15-11-18/h1-11,14-15,20H,12-13,16-17H2. The summed E-state index contributed by atoms with van der Waals surface area (Å²) >= 11 is 0. The summed E-state index contributed by atoms with van der Waals surface area (Å²) in [6.07, 6.45) is 5.37. The summed E-state index contributed by atoms with van der Waals surface area (Å²) in [6, 6.07) is 21.5. The number of ether oxygens (including phenoxy) is 1. The van der Waals surface area contributed by atoms with Crippen LogP contribution < -0.4 is 4.74 Å². The zero-order valence-electron chi connectivity index (χ0n) is 15.1. The van der Waals surface area contributed by atoms with Gasteiger partial charge >= 0.3 is 0 Å². The zero-order chi connectivity index (χ0) is 18.5. The molecule has 0 spiro atoms. The number of likely N-dealkylation sites (tertiary alicyclic amines) is 1. The normalized spacial score (nSPS) is 14.7. The molecule has 0 saturated carbocycles. The van der Waals surface area contributed by atoms with Gasteiger partial charge in [-0.05, 0) is 35.9 Å². The third-order valence-electron chi connectivity index (χ3n) is 4.92. The van der Waals surface area contributed by atoms with Crippen molar-refractivity contribution in [3.8, 4) is 16.9 Å². The van der Waals surface area contributed by atoms with Crippen LogP contribution in [0.1, 0.15) is 23.2 Å². The summed E-state index contributed by atoms with van der Waals surface area (Å²) in [5, 5.41) is 0. The van der Waals surface area contributed by atoms with E-state index >= 15 is 0 Å². The van der Waals surface area contributed by atoms with Crippen LogP contribution >= 0.6 is 0 Å². The van der Waals surface area contributed by atoms with Crippen LogP contribution in [0.4, 0.5) is 0 Å². The molecule has 136 valence electrons. The zero-order valence-corrected chi connectivity index (χ0v) is 15.1. The Hall–Kier alpha value is -3.14. The van der Waals surface area contributed by atoms with E-state index in [0.29, 0.717) is 0 Å². The van der Waals surface area contributed by atoms with Crippen LogP contribution in [0.25, 0.3) is 11.1 Å². The molecule has 4 nitrogen and oxygen atoms in total. The van der Waals surface area contributed by atoms with Crippen molar-refractivity contribution in [2.24, 2.45) is 0 Å². The van der Waals surface area contributed by atoms with Gasteiger partial charge in [-0.3, -0.25) is 9.78 Å². The monoisotopic (exact) mass is 358 g/mol. The summed E-state index contributed by atoms with van der Waals surface area (Å²) in [5.41, 5.74) is 2.92. The Morgan fingerprint density at radius 1 is 0.889 bits per heavy atom. The van der Waals surface area contributed by atoms with Crippen LogP contribution in [-0.2, 0) is 0 Å². The molecule has 0 radical (unpaired) electrons. The fourth-order valence-corrected chi connectivity index (χ4v) is 3.46. The number of nitrogens with zero attached hydrogens (tertiary/aromatic N) is 2. The lowest BCUT2D eigenvalue weighted by molar-refractivity contribution is 0.0596. The lowest BCUT2D eigenvalue weighted by atomic mass is 10.0. The van der Waals surface area contributed by atoms with Gasteiger partial charge in [0, 0.05) is 49.5 Å². The van der Waals surface area contributed by atoms with E-state index in [4.69, 9.17) is 4.74 Å². The molecule has 27 heavy (non-hydrogen) atoms. The van der Waals surface area contributed by atoms with Crippen LogP contribution in [0.5, 0.6) is 5.75 Å². The lowest BCUT2D eigenvalue weighted by Gasteiger charge is -2.32. The van der Waals surface area contributed by atoms with Crippen LogP contribution in [0.2, 0.25) is 0 Å². The van der Waals surface area contributed by atoms with Crippen molar-refractivity contribution < 1.29 is 9.53 Å². The minimum atomic E-state index is 0.103. The molecule has 0 bridgehead atoms. The lowest BCUT2D eigenvalue weighted by Crippen LogP contribution is -2.41. The highest BCUT2D eigenvalue weighted by Crippen LogP contribution is 2.31. The van der Waals surface area contributed by atoms with Crippen molar-refractivity contribution >= 4 is 5.91 Å². The number of carbonyl (C=O) groups excluding carboxylic acids is 1. The fourth-order valence-electron chi connectivity index (χ4n) is 3.46. The molecule has 4 heteroatoms. The minimum absolute atomic E-state index is 0.103. The molecule has 0 atom stereocenters. The van der Waals surface area contributed by atoms with Crippen molar-refractivity contribution in [2.75, 3.05) is 13.1 Å². The first kappa shape index (κ1) is 17.3. The number of rotatable bonds is 4. The van der Waals surface area contributed by atoms with Crippen molar-refractivity contribution in [2.45, 2.75) is 18.9 Å². The topological polar surface area (TPSA) is 42.4 Å². The van der Waals surface area contributed by atoms with Gasteiger partial charge in [0.2, 0.25) is 0 Å². The van der Waals surface area contributed by atoms with Gasteiger partial charge in [-0.25, -0.2) is 0 Å². The number of carbonyl (C=O) groups is 1. The maximum Gasteiger partial charge on any atom is 0.253 e. The first-order chi connectivity index (χ1) is 13.3. The number of pyridine rings is 1. The Labute approximate surface area is 159 Å². The molecule has 0 unspecified atom stereocenters. The molecule has 1 fully saturated rings. The smallest absolute Gasteiger partial charge is 0.253 e. The first-order valence-corrected chi connectivity index (χ1v) is 9.31. The van der Waals surface area contributed by atoms with Gasteiger partial charge in [0.25, 0.3) is 5.91 Å². The number of hydrogen-bond donors (Lipinski definition) is 0. The Kier molecular flexibility index (Phi) is 5.15. The number of hydrogen-bond acceptors (Lipinski definition) is 3. The van der Waals surface area contributed by atoms with Crippen molar-refractivity contribution in [1.29, 1.82) is 0 Å². The summed E-state index contributed by atoms with van der Waals surface area (Å²) < 4.78 is 6.32. The van der Waals surface area contributed by atoms with Crippen LogP contribution in [-0.4, -0.2) is 35.0 Å². The minimum Gasteiger partial charge on any atom is -0.490 e. The summed E-state index contributed by atoms with van der Waals surface area (Å²) in [6.45, 7) is 1.44. The number of piperidine rings is 1. The molecule has 0 aliphatic carbocycles. The van der Waals surface area contributed by atoms with Gasteiger partial charge < -0.3 is 9.64 Å². The highest BCUT2D eigenvalue weighted by atomic mass is 16.5. The summed E-state index contributed by atoms with van der Waals surface area (Å²) in [4.78, 5) is 18.6. The maximum atomic E-state index is 12.6. The SMILES string of the molecule is O=C(c1ccccc1)N1CCC(Oc2ccccc2-c2ccncc2)CC1. The van der Waals surface area contributed by atoms with Gasteiger partial charge in [0.1, 0.15) is 11.9 Å². The van der Waals surface area contributed by atoms with E-state index in [-0.39, 0.29) is 12.0 Å². The van der Waals surface area contributed by atoms with E-state index in [9.17, 15) is 4.79 Å². The third-order valence-corrected chi connectivity index (χ3v) is 4.92. The molecule has 1 amide bonds. The quantitative estimate of drug-likeness (QED) is 0.693. The fraction of sp³-hybridized carbons (Fsp3) is 0.217. The van der Waals surface area contributed by atoms with Crippen LogP contribution in [0, 0.1) is 0 Å². The van der Waals surface area contributed by atoms with Gasteiger partial charge in [0.05, 0.1) is 0 Å². The third kappa shape index (κ3) is 4.00. The van der Waals surface area contributed by atoms with Crippen molar-refractivity contribution in [1.82, 2.24) is 9.88 Å². The number of amides is 1. The van der Waals surface area contributed by atoms with Crippen molar-refractivity contribution in [3.05, 3.63) is 84.7 Å². The van der Waals surface area contributed by atoms with E-state index in [0.717, 1.165) is 48.4 Å². The Balaban J connectivity index is 1.41. The second-order valence-electron chi connectivity index (χ2n) is 6.71. The molecule has 2 aromatic carbocycles. The Morgan fingerprint density at radius 2 is 1.56 bits per heavy atom. The van der Waals surface area contributed by atoms with Gasteiger partial charge in [-0.1, -0.05) is 36.4 Å². The molecule has 1 aliphatic rings. The van der Waals surface area contributed by atoms with E-state index < -0.39 is 0 Å². The van der Waals surface area contributed by atoms with Crippen LogP contribution in [0.15, 0.2) is 79.1 Å². The molecule has 4 rings (SSSR count). The second-order valence-corrected chi connectivity index (χ2v) is 6.71. The molecule has 3 aromatic rings. The van der Waals surface area contributed by atoms with Crippen LogP contribution in [0.3, 0.4) is 0 Å². The highest BCUT2D eigenvalue weighted by molar-refractivity contribution is 5.94. The van der Waals surface area contributed by atoms with Crippen molar-refractivity contribution in [3.63, 3.8) is 0 Å². The van der Waals surface area contributed by atoms with E-state index in [1.807, 2.05) is 65.6 Å². The average molecular weight is 358 g/mol. The number of para-hydroxylation sites is 1. The molecule has 2 heterocycles. The Morgan fingerprint density at radius 3 is 2.30 bits per heavy atom. The van der Waals surface area contributed by atoms with E-state index in [1.165, 1.54) is 0 Å². The molecule has 0 N–H and O–H groups in total. The predicted molar refractivity (Wildman–Crippen MR) is 106 cm³/mol. The van der Waals surface area contributed by atoms with E-state index in [2.05, 4.69) is 11.1 Å². The molecule has 1 saturated heterocycles. The maximum absolute atomic E-state index is 12.6. The number of benzene rings is 2. The molecular formula is C23H22N2O2. The van der Waals surface area contributed by atoms with Gasteiger partial charge in [0.15, 0.2) is 0 Å². The number of aromatic nitrogens is 1. The summed E-state index contributed by atoms with van der Waals surface area (Å²) in [5.74, 6) is 0.989. The second kappa shape index (κ2) is 8.04. The van der Waals surface area contributed by atoms with Gasteiger partial charge in [-0.2, -0.15) is 0 Å². The molecule has 1 aromatic heterocycles. The Bertz CT molecular complexity index is 889. The largest absolute Gasteiger partial charge is 0.490 e. The summed E-state index contributed by atoms with van der Waals surface area (Å²) in [7, 11) is 0. The molecular weight excluding hydrogens is 336 g/mol. The molecule has 1 aliphatic heterocycles. The van der Waals surface area contributed by atoms with E-state index in [1.54, 1.807) is 12.4 Å². The highest BCUT2D eigenvalue weighted by Gasteiger charge is 2.25. The first-order valence-electron chi connectivity index (χ1n) is 9.31.